The van der Waals surface area contributed by atoms with Crippen LogP contribution in [0.5, 0.6) is 0 Å². The second-order valence-electron chi connectivity index (χ2n) is 5.32. The monoisotopic (exact) mass is 260 g/mol. The lowest BCUT2D eigenvalue weighted by Gasteiger charge is -2.13. The van der Waals surface area contributed by atoms with Crippen LogP contribution in [0.4, 0.5) is 0 Å². The number of hydrogen-bond acceptors (Lipinski definition) is 3. The van der Waals surface area contributed by atoms with E-state index in [2.05, 4.69) is 13.8 Å². The van der Waals surface area contributed by atoms with Crippen LogP contribution in [-0.4, -0.2) is 18.5 Å². The Hall–Kier alpha value is -1.61. The maximum atomic E-state index is 12.0. The Morgan fingerprint density at radius 2 is 2.00 bits per heavy atom. The Labute approximate surface area is 113 Å². The predicted molar refractivity (Wildman–Crippen MR) is 75.4 cm³/mol. The summed E-state index contributed by atoms with van der Waals surface area (Å²) in [7, 11) is 0. The highest BCUT2D eigenvalue weighted by atomic mass is 16.5. The van der Waals surface area contributed by atoms with Crippen molar-refractivity contribution in [3.8, 4) is 0 Å². The van der Waals surface area contributed by atoms with Crippen molar-refractivity contribution in [2.24, 2.45) is 5.92 Å². The molecule has 1 unspecified atom stereocenters. The first-order chi connectivity index (χ1) is 9.06. The molecule has 0 fully saturated rings. The molecule has 3 nitrogen and oxygen atoms in total. The van der Waals surface area contributed by atoms with E-state index in [1.807, 2.05) is 31.2 Å². The third-order valence-corrected chi connectivity index (χ3v) is 3.00. The number of carbonyl (C=O) groups is 1. The van der Waals surface area contributed by atoms with Crippen LogP contribution < -0.4 is 0 Å². The Balaban J connectivity index is 1.96. The van der Waals surface area contributed by atoms with Crippen molar-refractivity contribution in [3.05, 3.63) is 36.1 Å². The van der Waals surface area contributed by atoms with Gasteiger partial charge in [0.2, 0.25) is 5.78 Å². The normalized spacial score (nSPS) is 13.1. The summed E-state index contributed by atoms with van der Waals surface area (Å²) in [5.74, 6) is 0.834. The zero-order valence-corrected chi connectivity index (χ0v) is 11.7. The number of hydrogen-bond donors (Lipinski definition) is 0. The molecule has 0 radical (unpaired) electrons. The molecule has 2 aromatic rings. The molecule has 1 heterocycles. The lowest BCUT2D eigenvalue weighted by molar-refractivity contribution is 0.0428. The van der Waals surface area contributed by atoms with Crippen LogP contribution in [0.1, 0.15) is 37.7 Å². The molecule has 19 heavy (non-hydrogen) atoms. The van der Waals surface area contributed by atoms with E-state index < -0.39 is 0 Å². The van der Waals surface area contributed by atoms with Crippen molar-refractivity contribution in [2.75, 3.05) is 6.61 Å². The quantitative estimate of drug-likeness (QED) is 0.735. The fourth-order valence-electron chi connectivity index (χ4n) is 2.14. The second-order valence-corrected chi connectivity index (χ2v) is 5.32. The highest BCUT2D eigenvalue weighted by molar-refractivity contribution is 5.98. The van der Waals surface area contributed by atoms with Gasteiger partial charge in [0.15, 0.2) is 5.76 Å². The van der Waals surface area contributed by atoms with E-state index in [-0.39, 0.29) is 18.5 Å². The number of Topliss-reactive ketones (excluding diaryl/α,β-unsaturated/α-hetero) is 1. The smallest absolute Gasteiger partial charge is 0.223 e. The highest BCUT2D eigenvalue weighted by Crippen LogP contribution is 2.19. The highest BCUT2D eigenvalue weighted by Gasteiger charge is 2.14. The fraction of sp³-hybridized carbons (Fsp3) is 0.438. The molecular weight excluding hydrogens is 240 g/mol. The van der Waals surface area contributed by atoms with Crippen LogP contribution in [0.2, 0.25) is 0 Å². The van der Waals surface area contributed by atoms with Crippen LogP contribution in [0, 0.1) is 5.92 Å². The maximum Gasteiger partial charge on any atom is 0.223 e. The van der Waals surface area contributed by atoms with Crippen molar-refractivity contribution in [1.82, 2.24) is 0 Å². The third kappa shape index (κ3) is 3.67. The number of rotatable bonds is 6. The van der Waals surface area contributed by atoms with E-state index in [0.717, 1.165) is 17.4 Å². The molecule has 0 N–H and O–H groups in total. The van der Waals surface area contributed by atoms with Crippen molar-refractivity contribution in [2.45, 2.75) is 33.3 Å². The fourth-order valence-corrected chi connectivity index (χ4v) is 2.14. The zero-order valence-electron chi connectivity index (χ0n) is 11.7. The van der Waals surface area contributed by atoms with Crippen molar-refractivity contribution >= 4 is 16.8 Å². The van der Waals surface area contributed by atoms with Gasteiger partial charge >= 0.3 is 0 Å². The Morgan fingerprint density at radius 3 is 2.68 bits per heavy atom. The molecule has 0 saturated carbocycles. The summed E-state index contributed by atoms with van der Waals surface area (Å²) in [6.45, 7) is 6.35. The van der Waals surface area contributed by atoms with Gasteiger partial charge in [0.05, 0.1) is 6.10 Å². The summed E-state index contributed by atoms with van der Waals surface area (Å²) in [4.78, 5) is 12.0. The molecule has 0 bridgehead atoms. The summed E-state index contributed by atoms with van der Waals surface area (Å²) < 4.78 is 11.1. The van der Waals surface area contributed by atoms with Crippen LogP contribution in [0.25, 0.3) is 11.0 Å². The molecule has 0 aliphatic rings. The van der Waals surface area contributed by atoms with Gasteiger partial charge in [-0.25, -0.2) is 0 Å². The lowest BCUT2D eigenvalue weighted by Crippen LogP contribution is -2.17. The molecule has 1 aromatic carbocycles. The number of fused-ring (bicyclic) bond motifs is 1. The number of para-hydroxylation sites is 1. The SMILES string of the molecule is CC(C)CC(C)OCC(=O)c1cc2ccccc2o1. The van der Waals surface area contributed by atoms with Crippen molar-refractivity contribution in [3.63, 3.8) is 0 Å². The summed E-state index contributed by atoms with van der Waals surface area (Å²) in [5, 5.41) is 0.945. The van der Waals surface area contributed by atoms with Gasteiger partial charge in [0.25, 0.3) is 0 Å². The number of ketones is 1. The Bertz CT molecular complexity index is 521. The molecule has 102 valence electrons. The standard InChI is InChI=1S/C16H20O3/c1-11(2)8-12(3)18-10-14(17)16-9-13-6-4-5-7-15(13)19-16/h4-7,9,11-12H,8,10H2,1-3H3. The molecule has 1 atom stereocenters. The van der Waals surface area contributed by atoms with Gasteiger partial charge in [-0.15, -0.1) is 0 Å². The van der Waals surface area contributed by atoms with E-state index >= 15 is 0 Å². The van der Waals surface area contributed by atoms with E-state index in [1.165, 1.54) is 0 Å². The lowest BCUT2D eigenvalue weighted by atomic mass is 10.1. The molecule has 0 aliphatic carbocycles. The van der Waals surface area contributed by atoms with Crippen LogP contribution in [0.15, 0.2) is 34.7 Å². The first-order valence-electron chi connectivity index (χ1n) is 6.69. The molecule has 3 heteroatoms. The summed E-state index contributed by atoms with van der Waals surface area (Å²) in [6, 6.07) is 9.37. The number of ether oxygens (including phenoxy) is 1. The molecule has 0 spiro atoms. The van der Waals surface area contributed by atoms with Crippen molar-refractivity contribution in [1.29, 1.82) is 0 Å². The number of furan rings is 1. The van der Waals surface area contributed by atoms with Crippen molar-refractivity contribution < 1.29 is 13.9 Å². The molecular formula is C16H20O3. The van der Waals surface area contributed by atoms with Gasteiger partial charge in [-0.05, 0) is 31.4 Å². The van der Waals surface area contributed by atoms with E-state index in [9.17, 15) is 4.79 Å². The molecule has 0 aliphatic heterocycles. The summed E-state index contributed by atoms with van der Waals surface area (Å²) in [5.41, 5.74) is 0.737. The molecule has 2 rings (SSSR count). The number of benzene rings is 1. The van der Waals surface area contributed by atoms with Crippen LogP contribution >= 0.6 is 0 Å². The minimum Gasteiger partial charge on any atom is -0.453 e. The largest absolute Gasteiger partial charge is 0.453 e. The van der Waals surface area contributed by atoms with E-state index in [0.29, 0.717) is 11.7 Å². The zero-order chi connectivity index (χ0) is 13.8. The van der Waals surface area contributed by atoms with Gasteiger partial charge in [-0.1, -0.05) is 32.0 Å². The Morgan fingerprint density at radius 1 is 1.26 bits per heavy atom. The van der Waals surface area contributed by atoms with Crippen LogP contribution in [0.3, 0.4) is 0 Å². The third-order valence-electron chi connectivity index (χ3n) is 3.00. The first-order valence-corrected chi connectivity index (χ1v) is 6.69. The second kappa shape index (κ2) is 6.02. The topological polar surface area (TPSA) is 39.4 Å². The van der Waals surface area contributed by atoms with E-state index in [4.69, 9.17) is 9.15 Å². The summed E-state index contributed by atoms with van der Waals surface area (Å²) >= 11 is 0. The van der Waals surface area contributed by atoms with Gasteiger partial charge in [0.1, 0.15) is 12.2 Å². The van der Waals surface area contributed by atoms with E-state index in [1.54, 1.807) is 6.07 Å². The van der Waals surface area contributed by atoms with Crippen LogP contribution in [-0.2, 0) is 4.74 Å². The average Bonchev–Trinajstić information content (AvgIpc) is 2.78. The molecule has 0 saturated heterocycles. The molecule has 0 amide bonds. The minimum atomic E-state index is -0.105. The number of carbonyl (C=O) groups excluding carboxylic acids is 1. The van der Waals surface area contributed by atoms with Gasteiger partial charge in [0, 0.05) is 5.39 Å². The molecule has 1 aromatic heterocycles. The summed E-state index contributed by atoms with van der Waals surface area (Å²) in [6.07, 6.45) is 1.04. The predicted octanol–water partition coefficient (Wildman–Crippen LogP) is 4.07. The Kier molecular flexibility index (Phi) is 4.38. The minimum absolute atomic E-state index is 0.0771. The maximum absolute atomic E-state index is 12.0. The van der Waals surface area contributed by atoms with Gasteiger partial charge < -0.3 is 9.15 Å². The first kappa shape index (κ1) is 13.8. The average molecular weight is 260 g/mol. The van der Waals surface area contributed by atoms with Gasteiger partial charge in [-0.2, -0.15) is 0 Å². The van der Waals surface area contributed by atoms with Gasteiger partial charge in [-0.3, -0.25) is 4.79 Å².